The van der Waals surface area contributed by atoms with Gasteiger partial charge in [-0.15, -0.1) is 0 Å². The fourth-order valence-electron chi connectivity index (χ4n) is 7.60. The molecule has 0 radical (unpaired) electrons. The predicted molar refractivity (Wildman–Crippen MR) is 243 cm³/mol. The zero-order valence-electron chi connectivity index (χ0n) is 39.0. The van der Waals surface area contributed by atoms with Crippen molar-refractivity contribution in [1.29, 1.82) is 0 Å². The van der Waals surface area contributed by atoms with Gasteiger partial charge in [0.05, 0.1) is 0 Å². The van der Waals surface area contributed by atoms with Crippen LogP contribution in [0.25, 0.3) is 0 Å². The number of hydrogen-bond donors (Lipinski definition) is 0. The SMILES string of the molecule is CCCCCCCCCCCCCCCC(=O)OC[C@H](COC(=O)CCCCCCCCCCCC(C)C)OC(=O)CCCCCCCCCCCCC(C)CC. The van der Waals surface area contributed by atoms with Gasteiger partial charge in [-0.1, -0.05) is 240 Å². The van der Waals surface area contributed by atoms with Crippen molar-refractivity contribution in [1.82, 2.24) is 0 Å². The molecule has 1 unspecified atom stereocenters. The van der Waals surface area contributed by atoms with Crippen LogP contribution in [0.15, 0.2) is 0 Å². The molecule has 0 aromatic rings. The van der Waals surface area contributed by atoms with Gasteiger partial charge in [-0.3, -0.25) is 14.4 Å². The summed E-state index contributed by atoms with van der Waals surface area (Å²) in [5, 5.41) is 0. The summed E-state index contributed by atoms with van der Waals surface area (Å²) in [6.45, 7) is 11.4. The number of carbonyl (C=O) groups excluding carboxylic acids is 3. The highest BCUT2D eigenvalue weighted by molar-refractivity contribution is 5.71. The molecule has 0 saturated heterocycles. The molecule has 338 valence electrons. The smallest absolute Gasteiger partial charge is 0.306 e. The van der Waals surface area contributed by atoms with Gasteiger partial charge in [-0.25, -0.2) is 0 Å². The van der Waals surface area contributed by atoms with E-state index in [1.54, 1.807) is 0 Å². The van der Waals surface area contributed by atoms with Crippen molar-refractivity contribution >= 4 is 17.9 Å². The van der Waals surface area contributed by atoms with Crippen LogP contribution < -0.4 is 0 Å². The van der Waals surface area contributed by atoms with Crippen LogP contribution >= 0.6 is 0 Å². The van der Waals surface area contributed by atoms with E-state index in [4.69, 9.17) is 14.2 Å². The van der Waals surface area contributed by atoms with Gasteiger partial charge in [-0.05, 0) is 31.1 Å². The molecule has 0 saturated carbocycles. The highest BCUT2D eigenvalue weighted by atomic mass is 16.6. The van der Waals surface area contributed by atoms with Gasteiger partial charge in [-0.2, -0.15) is 0 Å². The van der Waals surface area contributed by atoms with Crippen LogP contribution in [-0.2, 0) is 28.6 Å². The molecule has 6 nitrogen and oxygen atoms in total. The Hall–Kier alpha value is -1.59. The second kappa shape index (κ2) is 44.0. The fraction of sp³-hybridized carbons (Fsp3) is 0.941. The first-order valence-corrected chi connectivity index (χ1v) is 25.3. The molecule has 0 aromatic carbocycles. The molecule has 57 heavy (non-hydrogen) atoms. The summed E-state index contributed by atoms with van der Waals surface area (Å²) in [4.78, 5) is 37.9. The van der Waals surface area contributed by atoms with Crippen LogP contribution in [0.4, 0.5) is 0 Å². The summed E-state index contributed by atoms with van der Waals surface area (Å²) < 4.78 is 16.8. The van der Waals surface area contributed by atoms with Gasteiger partial charge in [0.15, 0.2) is 6.10 Å². The molecule has 0 heterocycles. The Morgan fingerprint density at radius 3 is 1.00 bits per heavy atom. The van der Waals surface area contributed by atoms with Crippen LogP contribution in [0, 0.1) is 11.8 Å². The minimum atomic E-state index is -0.761. The number of rotatable bonds is 45. The topological polar surface area (TPSA) is 78.9 Å². The average molecular weight is 807 g/mol. The Morgan fingerprint density at radius 2 is 0.667 bits per heavy atom. The summed E-state index contributed by atoms with van der Waals surface area (Å²) in [6.07, 6.45) is 43.6. The number of unbranched alkanes of at least 4 members (excludes halogenated alkanes) is 29. The van der Waals surface area contributed by atoms with Crippen molar-refractivity contribution in [2.24, 2.45) is 11.8 Å². The van der Waals surface area contributed by atoms with Crippen LogP contribution in [0.2, 0.25) is 0 Å². The van der Waals surface area contributed by atoms with Gasteiger partial charge in [0.25, 0.3) is 0 Å². The number of carbonyl (C=O) groups is 3. The molecule has 0 N–H and O–H groups in total. The van der Waals surface area contributed by atoms with Crippen LogP contribution in [-0.4, -0.2) is 37.2 Å². The molecular weight excluding hydrogens is 709 g/mol. The normalized spacial score (nSPS) is 12.5. The summed E-state index contributed by atoms with van der Waals surface area (Å²) in [6, 6.07) is 0. The van der Waals surface area contributed by atoms with Gasteiger partial charge >= 0.3 is 17.9 Å². The molecule has 0 amide bonds. The summed E-state index contributed by atoms with van der Waals surface area (Å²) in [7, 11) is 0. The Labute approximate surface area is 355 Å². The Kier molecular flexibility index (Phi) is 42.7. The molecule has 0 aliphatic heterocycles. The average Bonchev–Trinajstić information content (AvgIpc) is 3.19. The summed E-state index contributed by atoms with van der Waals surface area (Å²) >= 11 is 0. The van der Waals surface area contributed by atoms with Crippen LogP contribution in [0.1, 0.15) is 279 Å². The van der Waals surface area contributed by atoms with Crippen molar-refractivity contribution in [3.8, 4) is 0 Å². The van der Waals surface area contributed by atoms with Crippen LogP contribution in [0.5, 0.6) is 0 Å². The Balaban J connectivity index is 4.34. The first kappa shape index (κ1) is 55.4. The lowest BCUT2D eigenvalue weighted by Gasteiger charge is -2.18. The van der Waals surface area contributed by atoms with E-state index in [1.807, 2.05) is 0 Å². The maximum absolute atomic E-state index is 12.8. The highest BCUT2D eigenvalue weighted by Gasteiger charge is 2.19. The third-order valence-electron chi connectivity index (χ3n) is 11.8. The van der Waals surface area contributed by atoms with E-state index < -0.39 is 6.10 Å². The van der Waals surface area contributed by atoms with Crippen LogP contribution in [0.3, 0.4) is 0 Å². The molecule has 2 atom stereocenters. The lowest BCUT2D eigenvalue weighted by Crippen LogP contribution is -2.30. The predicted octanol–water partition coefficient (Wildman–Crippen LogP) is 16.1. The van der Waals surface area contributed by atoms with Crippen molar-refractivity contribution in [2.45, 2.75) is 285 Å². The van der Waals surface area contributed by atoms with Crippen molar-refractivity contribution < 1.29 is 28.6 Å². The van der Waals surface area contributed by atoms with E-state index >= 15 is 0 Å². The minimum Gasteiger partial charge on any atom is -0.462 e. The molecular formula is C51H98O6. The monoisotopic (exact) mass is 807 g/mol. The third kappa shape index (κ3) is 43.8. The highest BCUT2D eigenvalue weighted by Crippen LogP contribution is 2.18. The number of esters is 3. The molecule has 0 bridgehead atoms. The van der Waals surface area contributed by atoms with Gasteiger partial charge in [0.2, 0.25) is 0 Å². The first-order valence-electron chi connectivity index (χ1n) is 25.3. The van der Waals surface area contributed by atoms with E-state index in [0.717, 1.165) is 69.6 Å². The molecule has 6 heteroatoms. The largest absolute Gasteiger partial charge is 0.462 e. The van der Waals surface area contributed by atoms with E-state index in [9.17, 15) is 14.4 Å². The Morgan fingerprint density at radius 1 is 0.368 bits per heavy atom. The molecule has 0 aliphatic carbocycles. The zero-order chi connectivity index (χ0) is 41.9. The molecule has 0 rings (SSSR count). The van der Waals surface area contributed by atoms with Gasteiger partial charge in [0, 0.05) is 19.3 Å². The summed E-state index contributed by atoms with van der Waals surface area (Å²) in [5.41, 5.74) is 0. The van der Waals surface area contributed by atoms with E-state index in [-0.39, 0.29) is 31.1 Å². The lowest BCUT2D eigenvalue weighted by atomic mass is 9.99. The van der Waals surface area contributed by atoms with E-state index in [0.29, 0.717) is 19.3 Å². The maximum Gasteiger partial charge on any atom is 0.306 e. The van der Waals surface area contributed by atoms with Gasteiger partial charge < -0.3 is 14.2 Å². The number of hydrogen-bond acceptors (Lipinski definition) is 6. The number of ether oxygens (including phenoxy) is 3. The second-order valence-electron chi connectivity index (χ2n) is 18.2. The molecule has 0 aliphatic rings. The molecule has 0 aromatic heterocycles. The Bertz CT molecular complexity index is 872. The first-order chi connectivity index (χ1) is 27.8. The fourth-order valence-corrected chi connectivity index (χ4v) is 7.60. The van der Waals surface area contributed by atoms with Gasteiger partial charge in [0.1, 0.15) is 13.2 Å². The standard InChI is InChI=1S/C51H98O6/c1-6-8-9-10-11-12-13-14-15-21-26-31-36-41-49(52)55-44-48(45-56-50(53)42-37-32-27-23-18-19-24-29-34-39-46(3)4)57-51(54)43-38-33-28-22-17-16-20-25-30-35-40-47(5)7-2/h46-48H,6-45H2,1-5H3/t47?,48-/m1/s1. The zero-order valence-corrected chi connectivity index (χ0v) is 39.0. The third-order valence-corrected chi connectivity index (χ3v) is 11.8. The lowest BCUT2D eigenvalue weighted by molar-refractivity contribution is -0.167. The van der Waals surface area contributed by atoms with E-state index in [2.05, 4.69) is 34.6 Å². The summed E-state index contributed by atoms with van der Waals surface area (Å²) in [5.74, 6) is 0.825. The second-order valence-corrected chi connectivity index (χ2v) is 18.2. The minimum absolute atomic E-state index is 0.0641. The van der Waals surface area contributed by atoms with E-state index in [1.165, 1.54) is 167 Å². The quantitative estimate of drug-likeness (QED) is 0.0346. The molecule has 0 fully saturated rings. The van der Waals surface area contributed by atoms with Crippen molar-refractivity contribution in [3.63, 3.8) is 0 Å². The van der Waals surface area contributed by atoms with Crippen molar-refractivity contribution in [2.75, 3.05) is 13.2 Å². The van der Waals surface area contributed by atoms with Crippen molar-refractivity contribution in [3.05, 3.63) is 0 Å². The molecule has 0 spiro atoms. The maximum atomic E-state index is 12.8.